The van der Waals surface area contributed by atoms with Gasteiger partial charge in [-0.2, -0.15) is 0 Å². The summed E-state index contributed by atoms with van der Waals surface area (Å²) in [7, 11) is -0.674. The van der Waals surface area contributed by atoms with E-state index in [0.717, 1.165) is 12.8 Å². The zero-order valence-electron chi connectivity index (χ0n) is 5.10. The number of rotatable bonds is 0. The Balaban J connectivity index is 2.18. The molecule has 1 aliphatic heterocycles. The second-order valence-corrected chi connectivity index (χ2v) is 5.61. The number of halogens is 1. The van der Waals surface area contributed by atoms with E-state index in [2.05, 4.69) is 0 Å². The van der Waals surface area contributed by atoms with E-state index in [-0.39, 0.29) is 4.21 Å². The van der Waals surface area contributed by atoms with Crippen molar-refractivity contribution < 1.29 is 4.21 Å². The third kappa shape index (κ3) is 0.695. The molecule has 0 aromatic rings. The van der Waals surface area contributed by atoms with E-state index >= 15 is 0 Å². The summed E-state index contributed by atoms with van der Waals surface area (Å²) in [6.07, 6.45) is 4.47. The maximum atomic E-state index is 11.0. The van der Waals surface area contributed by atoms with Crippen LogP contribution in [-0.2, 0) is 10.8 Å². The Morgan fingerprint density at radius 2 is 2.33 bits per heavy atom. The van der Waals surface area contributed by atoms with Crippen molar-refractivity contribution in [1.29, 1.82) is 0 Å². The smallest absolute Gasteiger partial charge is 0.134 e. The van der Waals surface area contributed by atoms with Gasteiger partial charge in [-0.15, -0.1) is 11.6 Å². The molecule has 0 bridgehead atoms. The van der Waals surface area contributed by atoms with Crippen molar-refractivity contribution >= 4 is 22.4 Å². The van der Waals surface area contributed by atoms with Crippen LogP contribution >= 0.6 is 11.6 Å². The molecule has 9 heavy (non-hydrogen) atoms. The van der Waals surface area contributed by atoms with Gasteiger partial charge in [0.15, 0.2) is 0 Å². The largest absolute Gasteiger partial charge is 0.257 e. The highest BCUT2D eigenvalue weighted by Crippen LogP contribution is 2.54. The van der Waals surface area contributed by atoms with E-state index in [1.54, 1.807) is 0 Å². The molecule has 3 atom stereocenters. The minimum atomic E-state index is -0.674. The van der Waals surface area contributed by atoms with Crippen molar-refractivity contribution in [3.05, 3.63) is 0 Å². The molecule has 0 radical (unpaired) electrons. The van der Waals surface area contributed by atoms with Gasteiger partial charge in [0, 0.05) is 10.8 Å². The topological polar surface area (TPSA) is 17.1 Å². The van der Waals surface area contributed by atoms with Gasteiger partial charge < -0.3 is 0 Å². The number of hydrogen-bond acceptors (Lipinski definition) is 1. The molecule has 0 aromatic heterocycles. The summed E-state index contributed by atoms with van der Waals surface area (Å²) >= 11 is 6.00. The van der Waals surface area contributed by atoms with Gasteiger partial charge in [-0.1, -0.05) is 12.8 Å². The van der Waals surface area contributed by atoms with Gasteiger partial charge in [-0.3, -0.25) is 4.21 Å². The average molecular weight is 165 g/mol. The highest BCUT2D eigenvalue weighted by molar-refractivity contribution is 7.96. The molecule has 1 heterocycles. The second-order valence-electron chi connectivity index (χ2n) is 2.82. The van der Waals surface area contributed by atoms with Crippen LogP contribution < -0.4 is 0 Å². The van der Waals surface area contributed by atoms with Crippen LogP contribution in [0.4, 0.5) is 0 Å². The lowest BCUT2D eigenvalue weighted by Crippen LogP contribution is -2.10. The molecule has 0 N–H and O–H groups in total. The maximum absolute atomic E-state index is 11.0. The summed E-state index contributed by atoms with van der Waals surface area (Å²) in [6.45, 7) is 0. The molecule has 0 aromatic carbocycles. The van der Waals surface area contributed by atoms with Crippen molar-refractivity contribution in [3.63, 3.8) is 0 Å². The minimum Gasteiger partial charge on any atom is -0.257 e. The van der Waals surface area contributed by atoms with E-state index in [1.807, 2.05) is 0 Å². The van der Waals surface area contributed by atoms with Crippen LogP contribution in [-0.4, -0.2) is 13.7 Å². The quantitative estimate of drug-likeness (QED) is 0.393. The molecule has 3 unspecified atom stereocenters. The number of alkyl halides is 1. The summed E-state index contributed by atoms with van der Waals surface area (Å²) in [5.74, 6) is 0. The lowest BCUT2D eigenvalue weighted by atomic mass is 10.0. The fourth-order valence-corrected chi connectivity index (χ4v) is 3.96. The Morgan fingerprint density at radius 3 is 2.78 bits per heavy atom. The molecular weight excluding hydrogens is 156 g/mol. The van der Waals surface area contributed by atoms with Crippen LogP contribution in [0.1, 0.15) is 25.7 Å². The van der Waals surface area contributed by atoms with Gasteiger partial charge >= 0.3 is 0 Å². The first-order valence-corrected chi connectivity index (χ1v) is 4.94. The molecule has 1 aliphatic carbocycles. The number of fused-ring (bicyclic) bond motifs is 1. The van der Waals surface area contributed by atoms with Crippen molar-refractivity contribution in [1.82, 2.24) is 0 Å². The van der Waals surface area contributed by atoms with Crippen LogP contribution in [0.3, 0.4) is 0 Å². The summed E-state index contributed by atoms with van der Waals surface area (Å²) in [6, 6.07) is 0. The van der Waals surface area contributed by atoms with Crippen molar-refractivity contribution in [3.8, 4) is 0 Å². The van der Waals surface area contributed by atoms with Crippen LogP contribution in [0.5, 0.6) is 0 Å². The molecule has 3 heteroatoms. The van der Waals surface area contributed by atoms with E-state index < -0.39 is 10.8 Å². The lowest BCUT2D eigenvalue weighted by molar-refractivity contribution is 0.544. The van der Waals surface area contributed by atoms with E-state index in [4.69, 9.17) is 11.6 Å². The Labute approximate surface area is 62.2 Å². The maximum Gasteiger partial charge on any atom is 0.134 e. The molecule has 2 aliphatic rings. The first-order valence-electron chi connectivity index (χ1n) is 3.35. The molecule has 2 rings (SSSR count). The van der Waals surface area contributed by atoms with Crippen molar-refractivity contribution in [2.45, 2.75) is 35.1 Å². The molecule has 52 valence electrons. The van der Waals surface area contributed by atoms with Crippen LogP contribution in [0.2, 0.25) is 0 Å². The van der Waals surface area contributed by atoms with Crippen LogP contribution in [0.15, 0.2) is 0 Å². The van der Waals surface area contributed by atoms with E-state index in [0.29, 0.717) is 5.25 Å². The van der Waals surface area contributed by atoms with Crippen molar-refractivity contribution in [2.24, 2.45) is 0 Å². The third-order valence-electron chi connectivity index (χ3n) is 2.25. The predicted molar refractivity (Wildman–Crippen MR) is 39.0 cm³/mol. The standard InChI is InChI=1S/C6H9ClOS/c7-6-4-2-1-3-5(6)9(6)8/h5H,1-4H2. The summed E-state index contributed by atoms with van der Waals surface area (Å²) < 4.78 is 10.8. The van der Waals surface area contributed by atoms with E-state index in [9.17, 15) is 4.21 Å². The first-order chi connectivity index (χ1) is 4.25. The normalized spacial score (nSPS) is 56.6. The Bertz CT molecular complexity index is 170. The van der Waals surface area contributed by atoms with Gasteiger partial charge in [0.1, 0.15) is 4.21 Å². The minimum absolute atomic E-state index is 0.252. The van der Waals surface area contributed by atoms with Crippen LogP contribution in [0.25, 0.3) is 0 Å². The van der Waals surface area contributed by atoms with Gasteiger partial charge in [0.25, 0.3) is 0 Å². The Morgan fingerprint density at radius 1 is 1.56 bits per heavy atom. The van der Waals surface area contributed by atoms with Gasteiger partial charge in [0.2, 0.25) is 0 Å². The average Bonchev–Trinajstić information content (AvgIpc) is 2.38. The summed E-state index contributed by atoms with van der Waals surface area (Å²) in [5.41, 5.74) is 0. The van der Waals surface area contributed by atoms with Gasteiger partial charge in [-0.05, 0) is 12.8 Å². The second kappa shape index (κ2) is 1.73. The van der Waals surface area contributed by atoms with Gasteiger partial charge in [-0.25, -0.2) is 0 Å². The Kier molecular flexibility index (Phi) is 1.18. The SMILES string of the molecule is O=S1C2CCCCC21Cl. The highest BCUT2D eigenvalue weighted by atomic mass is 35.5. The first kappa shape index (κ1) is 6.17. The van der Waals surface area contributed by atoms with E-state index in [1.165, 1.54) is 12.8 Å². The van der Waals surface area contributed by atoms with Gasteiger partial charge in [0.05, 0.1) is 5.25 Å². The Hall–Kier alpha value is 0.440. The summed E-state index contributed by atoms with van der Waals surface area (Å²) in [5, 5.41) is 0.355. The zero-order chi connectivity index (χ0) is 6.48. The molecule has 2 fully saturated rings. The predicted octanol–water partition coefficient (Wildman–Crippen LogP) is 1.63. The number of hydrogen-bond donors (Lipinski definition) is 0. The fourth-order valence-electron chi connectivity index (χ4n) is 1.59. The molecule has 0 spiro atoms. The van der Waals surface area contributed by atoms with Crippen LogP contribution in [0, 0.1) is 0 Å². The van der Waals surface area contributed by atoms with Crippen molar-refractivity contribution in [2.75, 3.05) is 0 Å². The molecule has 1 saturated heterocycles. The zero-order valence-corrected chi connectivity index (χ0v) is 6.67. The summed E-state index contributed by atoms with van der Waals surface area (Å²) in [4.78, 5) is 0. The highest BCUT2D eigenvalue weighted by Gasteiger charge is 2.63. The molecule has 1 nitrogen and oxygen atoms in total. The molecule has 1 saturated carbocycles. The fraction of sp³-hybridized carbons (Fsp3) is 1.00. The monoisotopic (exact) mass is 164 g/mol. The lowest BCUT2D eigenvalue weighted by Gasteiger charge is -2.09. The molecule has 0 amide bonds. The molecular formula is C6H9ClOS. The third-order valence-corrected chi connectivity index (χ3v) is 5.35.